The number of halogens is 1. The molecule has 1 aromatic heterocycles. The predicted octanol–water partition coefficient (Wildman–Crippen LogP) is -0.506. The van der Waals surface area contributed by atoms with Crippen LogP contribution in [-0.2, 0) is 78.4 Å². The second kappa shape index (κ2) is 39.7. The van der Waals surface area contributed by atoms with Crippen molar-refractivity contribution >= 4 is 99.3 Å². The molecule has 1 fully saturated rings. The lowest BCUT2D eigenvalue weighted by atomic mass is 9.99. The van der Waals surface area contributed by atoms with Crippen LogP contribution in [0.5, 0.6) is 5.75 Å². The molecule has 0 aliphatic carbocycles. The van der Waals surface area contributed by atoms with Crippen LogP contribution < -0.4 is 75.7 Å². The maximum absolute atomic E-state index is 14.9. The molecular weight excluding hydrogens is 1340 g/mol. The van der Waals surface area contributed by atoms with Crippen LogP contribution in [0, 0.1) is 11.3 Å². The zero-order valence-electron chi connectivity index (χ0n) is 57.2. The Bertz CT molecular complexity index is 3760. The Morgan fingerprint density at radius 2 is 1.04 bits per heavy atom. The molecule has 20 N–H and O–H groups in total. The van der Waals surface area contributed by atoms with E-state index in [1.54, 1.807) is 50.2 Å². The number of likely N-dealkylation sites (tertiary alicyclic amines) is 1. The first-order valence-corrected chi connectivity index (χ1v) is 33.9. The molecule has 31 nitrogen and oxygen atoms in total. The van der Waals surface area contributed by atoms with E-state index in [-0.39, 0.29) is 101 Å². The second-order valence-corrected chi connectivity index (χ2v) is 25.8. The minimum Gasteiger partial charge on any atom is -0.508 e. The summed E-state index contributed by atoms with van der Waals surface area (Å²) in [6, 6.07) is 13.4. The number of aromatic nitrogens is 1. The van der Waals surface area contributed by atoms with Gasteiger partial charge in [0, 0.05) is 69.7 Å². The van der Waals surface area contributed by atoms with Crippen LogP contribution in [0.25, 0.3) is 10.8 Å². The van der Waals surface area contributed by atoms with Crippen LogP contribution in [0.2, 0.25) is 5.02 Å². The number of aliphatic hydroxyl groups excluding tert-OH is 1. The largest absolute Gasteiger partial charge is 0.508 e. The fraction of sp³-hybridized carbons (Fsp3) is 0.429. The fourth-order valence-electron chi connectivity index (χ4n) is 11.4. The number of rotatable bonds is 38. The monoisotopic (exact) mass is 1430 g/mol. The first kappa shape index (κ1) is 80.0. The third-order valence-corrected chi connectivity index (χ3v) is 17.0. The molecule has 5 aromatic rings. The lowest BCUT2D eigenvalue weighted by molar-refractivity contribution is -0.142. The molecule has 6 rings (SSSR count). The molecule has 2 heterocycles. The number of urea groups is 1. The molecule has 10 atom stereocenters. The Morgan fingerprint density at radius 1 is 0.559 bits per heavy atom. The number of nitrogens with one attached hydrogen (secondary N) is 12. The Kier molecular flexibility index (Phi) is 31.2. The van der Waals surface area contributed by atoms with E-state index in [2.05, 4.69) is 63.5 Å². The van der Waals surface area contributed by atoms with Crippen molar-refractivity contribution in [2.75, 3.05) is 26.2 Å². The third-order valence-electron chi connectivity index (χ3n) is 16.7. The number of benzene rings is 4. The van der Waals surface area contributed by atoms with Gasteiger partial charge < -0.3 is 90.8 Å². The molecule has 0 spiro atoms. The minimum atomic E-state index is -1.85. The number of hydrogen-bond acceptors (Lipinski definition) is 16. The number of phenols is 1. The summed E-state index contributed by atoms with van der Waals surface area (Å²) in [4.78, 5) is 172. The molecular formula is C70H92ClN17O14. The lowest BCUT2D eigenvalue weighted by Gasteiger charge is -2.31. The number of phenolic OH excluding ortho intramolecular Hbond substituents is 1. The first-order valence-electron chi connectivity index (χ1n) is 33.5. The van der Waals surface area contributed by atoms with E-state index in [0.717, 1.165) is 10.8 Å². The topological polar surface area (TPSA) is 496 Å². The lowest BCUT2D eigenvalue weighted by Crippen LogP contribution is -2.61. The summed E-state index contributed by atoms with van der Waals surface area (Å²) in [5.41, 5.74) is 18.3. The number of carbonyl (C=O) groups excluding carboxylic acids is 12. The molecule has 548 valence electrons. The Balaban J connectivity index is 1.25. The molecule has 1 saturated heterocycles. The normalized spacial score (nSPS) is 15.2. The van der Waals surface area contributed by atoms with Gasteiger partial charge >= 0.3 is 6.03 Å². The highest BCUT2D eigenvalue weighted by Crippen LogP contribution is 2.22. The maximum atomic E-state index is 14.9. The van der Waals surface area contributed by atoms with Crippen molar-refractivity contribution < 1.29 is 67.7 Å². The van der Waals surface area contributed by atoms with Crippen LogP contribution >= 0.6 is 11.6 Å². The van der Waals surface area contributed by atoms with Crippen molar-refractivity contribution in [2.24, 2.45) is 23.1 Å². The zero-order valence-corrected chi connectivity index (χ0v) is 58.0. The van der Waals surface area contributed by atoms with Crippen molar-refractivity contribution in [1.82, 2.24) is 68.4 Å². The molecule has 0 saturated carbocycles. The van der Waals surface area contributed by atoms with Crippen molar-refractivity contribution in [3.8, 4) is 5.75 Å². The number of hydrogen-bond donors (Lipinski definition) is 17. The number of fused-ring (bicyclic) bond motifs is 1. The number of pyridine rings is 1. The maximum Gasteiger partial charge on any atom is 0.312 e. The molecule has 1 aliphatic heterocycles. The van der Waals surface area contributed by atoms with Gasteiger partial charge in [-0.15, -0.1) is 0 Å². The number of primary amides is 2. The summed E-state index contributed by atoms with van der Waals surface area (Å²) in [7, 11) is 0. The van der Waals surface area contributed by atoms with Crippen LogP contribution in [0.4, 0.5) is 4.79 Å². The minimum absolute atomic E-state index is 0.00169. The number of nitrogens with zero attached hydrogens (tertiary/aromatic N) is 2. The van der Waals surface area contributed by atoms with Crippen LogP contribution in [-0.4, -0.2) is 184 Å². The second-order valence-electron chi connectivity index (χ2n) is 25.4. The summed E-state index contributed by atoms with van der Waals surface area (Å²) in [6.45, 7) is 5.20. The van der Waals surface area contributed by atoms with E-state index in [0.29, 0.717) is 33.7 Å². The molecule has 32 heteroatoms. The summed E-state index contributed by atoms with van der Waals surface area (Å²) < 4.78 is 0. The van der Waals surface area contributed by atoms with Gasteiger partial charge in [0.05, 0.1) is 6.61 Å². The molecule has 1 aliphatic rings. The van der Waals surface area contributed by atoms with Gasteiger partial charge in [-0.3, -0.25) is 63.1 Å². The van der Waals surface area contributed by atoms with E-state index in [4.69, 9.17) is 34.2 Å². The highest BCUT2D eigenvalue weighted by molar-refractivity contribution is 6.30. The summed E-state index contributed by atoms with van der Waals surface area (Å²) in [5, 5.41) is 59.8. The fourth-order valence-corrected chi connectivity index (χ4v) is 11.5. The number of guanidine groups is 1. The Hall–Kier alpha value is -10.9. The number of amides is 13. The smallest absolute Gasteiger partial charge is 0.312 e. The third kappa shape index (κ3) is 26.0. The Labute approximate surface area is 595 Å². The molecule has 0 bridgehead atoms. The molecule has 0 radical (unpaired) electrons. The van der Waals surface area contributed by atoms with Crippen LogP contribution in [0.15, 0.2) is 116 Å². The van der Waals surface area contributed by atoms with Crippen molar-refractivity contribution in [1.29, 1.82) is 5.41 Å². The van der Waals surface area contributed by atoms with Crippen molar-refractivity contribution in [3.05, 3.63) is 143 Å². The standard InChI is InChI=1S/C70H92ClN17O14/c1-39(2)31-52(61(94)82-51(15-9-28-77-69(73)74)68(101)88-30-10-16-58(88)67(100)79-40(3)59(72)92)83-60(93)50(14-8-29-78-70(75)102)81-63(96)54(34-43-20-25-49(91)26-21-43)86-66(99)57(38-89)87-65(98)56(36-45-11-7-27-76-37-45)85-64(97)55(33-42-18-23-48(71)24-19-42)84-62(95)53(80-41(4)90)35-44-17-22-46-12-5-6-13-47(46)32-44/h5-7,11-13,17-27,32,37,39-40,50-58,89,91H,8-10,14-16,28-31,33-36,38H2,1-4H3,(H2,72,92)(H,79,100)(H,80,90)(H,81,96)(H,82,94)(H,83,93)(H,84,95)(H,85,97)(H,86,99)(H,87,98)(H4,73,74,77)(H3,75,78,102)/t40-,50-,51-,52-,53-,54+,55+,56-,57+,58-/m1/s1. The number of aromatic hydroxyl groups is 1. The van der Waals surface area contributed by atoms with Crippen molar-refractivity contribution in [3.63, 3.8) is 0 Å². The van der Waals surface area contributed by atoms with Crippen LogP contribution in [0.1, 0.15) is 94.9 Å². The van der Waals surface area contributed by atoms with E-state index < -0.39 is 138 Å². The van der Waals surface area contributed by atoms with Gasteiger partial charge in [0.15, 0.2) is 5.96 Å². The van der Waals surface area contributed by atoms with Gasteiger partial charge in [0.25, 0.3) is 0 Å². The molecule has 13 amide bonds. The van der Waals surface area contributed by atoms with Gasteiger partial charge in [-0.1, -0.05) is 98.2 Å². The molecule has 0 unspecified atom stereocenters. The van der Waals surface area contributed by atoms with Gasteiger partial charge in [-0.2, -0.15) is 0 Å². The summed E-state index contributed by atoms with van der Waals surface area (Å²) in [5.74, 6) is -9.97. The highest BCUT2D eigenvalue weighted by atomic mass is 35.5. The van der Waals surface area contributed by atoms with Gasteiger partial charge in [0.2, 0.25) is 65.0 Å². The Morgan fingerprint density at radius 3 is 1.59 bits per heavy atom. The highest BCUT2D eigenvalue weighted by Gasteiger charge is 2.40. The average molecular weight is 1430 g/mol. The quantitative estimate of drug-likeness (QED) is 0.0134. The van der Waals surface area contributed by atoms with E-state index in [9.17, 15) is 67.7 Å². The number of carbonyl (C=O) groups is 12. The molecule has 4 aromatic carbocycles. The number of nitrogens with two attached hydrogens (primary N) is 3. The molecule has 102 heavy (non-hydrogen) atoms. The SMILES string of the molecule is CC(=O)N[C@H](Cc1ccc2ccccc2c1)C(=O)N[C@@H](Cc1ccc(Cl)cc1)C(=O)N[C@H](Cc1cccnc1)C(=O)N[C@@H](CO)C(=O)N[C@@H](Cc1ccc(O)cc1)C(=O)N[C@H](CCCNC(N)=O)C(=O)N[C@H](CC(C)C)C(=O)N[C@H](CCCNC(=N)N)C(=O)N1CCC[C@@H]1C(=O)N[C@H](C)C(N)=O. The van der Waals surface area contributed by atoms with Gasteiger partial charge in [-0.25, -0.2) is 4.79 Å². The predicted molar refractivity (Wildman–Crippen MR) is 378 cm³/mol. The van der Waals surface area contributed by atoms with Crippen LogP contribution in [0.3, 0.4) is 0 Å². The van der Waals surface area contributed by atoms with Crippen molar-refractivity contribution in [2.45, 2.75) is 159 Å². The van der Waals surface area contributed by atoms with E-state index >= 15 is 0 Å². The van der Waals surface area contributed by atoms with E-state index in [1.165, 1.54) is 55.4 Å². The zero-order chi connectivity index (χ0) is 74.6. The summed E-state index contributed by atoms with van der Waals surface area (Å²) >= 11 is 6.23. The summed E-state index contributed by atoms with van der Waals surface area (Å²) in [6.07, 6.45) is 2.71. The van der Waals surface area contributed by atoms with E-state index in [1.807, 2.05) is 42.5 Å². The first-order chi connectivity index (χ1) is 48.6. The van der Waals surface area contributed by atoms with Gasteiger partial charge in [-0.05, 0) is 121 Å². The average Bonchev–Trinajstić information content (AvgIpc) is 1.13. The van der Waals surface area contributed by atoms with Gasteiger partial charge in [0.1, 0.15) is 66.2 Å². The number of aliphatic hydroxyl groups is 1.